The molecule has 0 aliphatic heterocycles. The van der Waals surface area contributed by atoms with Crippen LogP contribution in [0.15, 0.2) is 0 Å². The monoisotopic (exact) mass is 276 g/mol. The lowest BCUT2D eigenvalue weighted by Gasteiger charge is -2.43. The predicted molar refractivity (Wildman–Crippen MR) is 83.5 cm³/mol. The summed E-state index contributed by atoms with van der Waals surface area (Å²) >= 11 is 0. The predicted octanol–water partition coefficient (Wildman–Crippen LogP) is 5.38. The van der Waals surface area contributed by atoms with Crippen LogP contribution in [0.1, 0.15) is 84.0 Å². The van der Waals surface area contributed by atoms with E-state index in [9.17, 15) is 4.79 Å². The number of Topliss-reactive ketones (excluding diaryl/α,β-unsaturated/α-hetero) is 1. The molecule has 1 nitrogen and oxygen atoms in total. The summed E-state index contributed by atoms with van der Waals surface area (Å²) in [5, 5.41) is 0. The standard InChI is InChI=1S/C19H32O/c1-2-3-14-4-6-15(7-5-14)16-8-9-18-13-19(20)11-10-17(18)12-16/h14-18H,2-13H2,1H3. The molecule has 3 fully saturated rings. The van der Waals surface area contributed by atoms with Crippen molar-refractivity contribution in [2.75, 3.05) is 0 Å². The molecular formula is C19H32O. The number of carbonyl (C=O) groups excluding carboxylic acids is 1. The van der Waals surface area contributed by atoms with Crippen LogP contribution in [0.25, 0.3) is 0 Å². The first-order chi connectivity index (χ1) is 9.76. The van der Waals surface area contributed by atoms with Crippen LogP contribution in [0.2, 0.25) is 0 Å². The fraction of sp³-hybridized carbons (Fsp3) is 0.947. The number of ketones is 1. The molecule has 0 bridgehead atoms. The van der Waals surface area contributed by atoms with E-state index in [2.05, 4.69) is 6.92 Å². The van der Waals surface area contributed by atoms with Crippen LogP contribution >= 0.6 is 0 Å². The number of carbonyl (C=O) groups is 1. The van der Waals surface area contributed by atoms with Crippen molar-refractivity contribution >= 4 is 5.78 Å². The van der Waals surface area contributed by atoms with Crippen LogP contribution in [0.4, 0.5) is 0 Å². The Hall–Kier alpha value is -0.330. The Morgan fingerprint density at radius 1 is 0.850 bits per heavy atom. The summed E-state index contributed by atoms with van der Waals surface area (Å²) in [5.74, 6) is 5.29. The highest BCUT2D eigenvalue weighted by Gasteiger charge is 2.38. The zero-order valence-corrected chi connectivity index (χ0v) is 13.3. The van der Waals surface area contributed by atoms with Crippen molar-refractivity contribution in [1.82, 2.24) is 0 Å². The van der Waals surface area contributed by atoms with Crippen LogP contribution in [0, 0.1) is 29.6 Å². The van der Waals surface area contributed by atoms with E-state index in [-0.39, 0.29) is 0 Å². The summed E-state index contributed by atoms with van der Waals surface area (Å²) in [6.45, 7) is 2.33. The Bertz CT molecular complexity index is 327. The highest BCUT2D eigenvalue weighted by Crippen LogP contribution is 2.47. The first-order valence-corrected chi connectivity index (χ1v) is 9.28. The van der Waals surface area contributed by atoms with Crippen LogP contribution in [-0.2, 0) is 4.79 Å². The zero-order chi connectivity index (χ0) is 13.9. The summed E-state index contributed by atoms with van der Waals surface area (Å²) in [7, 11) is 0. The topological polar surface area (TPSA) is 17.1 Å². The van der Waals surface area contributed by atoms with Gasteiger partial charge in [-0.25, -0.2) is 0 Å². The van der Waals surface area contributed by atoms with Crippen molar-refractivity contribution in [2.24, 2.45) is 29.6 Å². The molecule has 0 heterocycles. The molecule has 0 aromatic heterocycles. The second-order valence-corrected chi connectivity index (χ2v) is 7.94. The Kier molecular flexibility index (Phi) is 4.83. The van der Waals surface area contributed by atoms with Crippen LogP contribution < -0.4 is 0 Å². The molecule has 3 aliphatic rings. The van der Waals surface area contributed by atoms with Gasteiger partial charge >= 0.3 is 0 Å². The molecule has 3 atom stereocenters. The molecule has 0 aromatic carbocycles. The fourth-order valence-electron chi connectivity index (χ4n) is 5.51. The van der Waals surface area contributed by atoms with Gasteiger partial charge < -0.3 is 0 Å². The molecule has 1 heteroatoms. The van der Waals surface area contributed by atoms with Crippen molar-refractivity contribution < 1.29 is 4.79 Å². The largest absolute Gasteiger partial charge is 0.300 e. The maximum atomic E-state index is 11.6. The number of hydrogen-bond donors (Lipinski definition) is 0. The summed E-state index contributed by atoms with van der Waals surface area (Å²) in [4.78, 5) is 11.6. The molecular weight excluding hydrogens is 244 g/mol. The average molecular weight is 276 g/mol. The average Bonchev–Trinajstić information content (AvgIpc) is 2.48. The SMILES string of the molecule is CCCC1CCC(C2CCC3CC(=O)CCC3C2)CC1. The minimum atomic E-state index is 0.546. The number of fused-ring (bicyclic) bond motifs is 1. The van der Waals surface area contributed by atoms with Gasteiger partial charge in [0.1, 0.15) is 5.78 Å². The van der Waals surface area contributed by atoms with E-state index in [1.54, 1.807) is 0 Å². The summed E-state index contributed by atoms with van der Waals surface area (Å²) in [6, 6.07) is 0. The third-order valence-electron chi connectivity index (χ3n) is 6.72. The molecule has 3 unspecified atom stereocenters. The van der Waals surface area contributed by atoms with Gasteiger partial charge in [-0.2, -0.15) is 0 Å². The lowest BCUT2D eigenvalue weighted by molar-refractivity contribution is -0.123. The van der Waals surface area contributed by atoms with E-state index >= 15 is 0 Å². The molecule has 20 heavy (non-hydrogen) atoms. The minimum absolute atomic E-state index is 0.546. The van der Waals surface area contributed by atoms with Crippen LogP contribution in [-0.4, -0.2) is 5.78 Å². The van der Waals surface area contributed by atoms with Gasteiger partial charge in [0.05, 0.1) is 0 Å². The van der Waals surface area contributed by atoms with Gasteiger partial charge in [-0.3, -0.25) is 4.79 Å². The Morgan fingerprint density at radius 2 is 1.50 bits per heavy atom. The smallest absolute Gasteiger partial charge is 0.133 e. The Balaban J connectivity index is 1.49. The van der Waals surface area contributed by atoms with E-state index in [0.717, 1.165) is 42.4 Å². The second kappa shape index (κ2) is 6.62. The summed E-state index contributed by atoms with van der Waals surface area (Å²) in [5.41, 5.74) is 0. The first kappa shape index (κ1) is 14.6. The molecule has 3 saturated carbocycles. The molecule has 3 aliphatic carbocycles. The molecule has 0 N–H and O–H groups in total. The van der Waals surface area contributed by atoms with E-state index in [1.165, 1.54) is 64.2 Å². The van der Waals surface area contributed by atoms with Gasteiger partial charge in [-0.15, -0.1) is 0 Å². The fourth-order valence-corrected chi connectivity index (χ4v) is 5.51. The number of hydrogen-bond acceptors (Lipinski definition) is 1. The van der Waals surface area contributed by atoms with Gasteiger partial charge in [0, 0.05) is 12.8 Å². The first-order valence-electron chi connectivity index (χ1n) is 9.28. The van der Waals surface area contributed by atoms with Crippen molar-refractivity contribution in [3.05, 3.63) is 0 Å². The summed E-state index contributed by atoms with van der Waals surface area (Å²) in [6.07, 6.45) is 16.1. The third kappa shape index (κ3) is 3.28. The van der Waals surface area contributed by atoms with Crippen molar-refractivity contribution in [1.29, 1.82) is 0 Å². The van der Waals surface area contributed by atoms with E-state index in [1.807, 2.05) is 0 Å². The van der Waals surface area contributed by atoms with Gasteiger partial charge in [0.15, 0.2) is 0 Å². The molecule has 114 valence electrons. The van der Waals surface area contributed by atoms with E-state index < -0.39 is 0 Å². The van der Waals surface area contributed by atoms with Crippen molar-refractivity contribution in [2.45, 2.75) is 84.0 Å². The van der Waals surface area contributed by atoms with E-state index in [0.29, 0.717) is 5.78 Å². The quantitative estimate of drug-likeness (QED) is 0.676. The Labute approximate surface area is 124 Å². The normalized spacial score (nSPS) is 42.2. The lowest BCUT2D eigenvalue weighted by atomic mass is 9.62. The molecule has 0 saturated heterocycles. The van der Waals surface area contributed by atoms with Crippen LogP contribution in [0.5, 0.6) is 0 Å². The highest BCUT2D eigenvalue weighted by molar-refractivity contribution is 5.79. The number of rotatable bonds is 3. The van der Waals surface area contributed by atoms with Gasteiger partial charge in [0.25, 0.3) is 0 Å². The molecule has 0 amide bonds. The maximum Gasteiger partial charge on any atom is 0.133 e. The van der Waals surface area contributed by atoms with Crippen molar-refractivity contribution in [3.8, 4) is 0 Å². The van der Waals surface area contributed by atoms with Gasteiger partial charge in [-0.1, -0.05) is 32.6 Å². The minimum Gasteiger partial charge on any atom is -0.300 e. The molecule has 0 aromatic rings. The van der Waals surface area contributed by atoms with Crippen molar-refractivity contribution in [3.63, 3.8) is 0 Å². The molecule has 3 rings (SSSR count). The lowest BCUT2D eigenvalue weighted by Crippen LogP contribution is -2.34. The molecule has 0 spiro atoms. The Morgan fingerprint density at radius 3 is 2.25 bits per heavy atom. The zero-order valence-electron chi connectivity index (χ0n) is 13.3. The molecule has 0 radical (unpaired) electrons. The summed E-state index contributed by atoms with van der Waals surface area (Å²) < 4.78 is 0. The van der Waals surface area contributed by atoms with Gasteiger partial charge in [-0.05, 0) is 68.1 Å². The van der Waals surface area contributed by atoms with E-state index in [4.69, 9.17) is 0 Å². The van der Waals surface area contributed by atoms with Crippen LogP contribution in [0.3, 0.4) is 0 Å². The highest BCUT2D eigenvalue weighted by atomic mass is 16.1. The maximum absolute atomic E-state index is 11.6. The van der Waals surface area contributed by atoms with Gasteiger partial charge in [0.2, 0.25) is 0 Å². The third-order valence-corrected chi connectivity index (χ3v) is 6.72. The second-order valence-electron chi connectivity index (χ2n) is 7.94.